The van der Waals surface area contributed by atoms with Gasteiger partial charge in [0.25, 0.3) is 0 Å². The van der Waals surface area contributed by atoms with Crippen molar-refractivity contribution in [3.05, 3.63) is 0 Å². The molecular weight excluding hydrogens is 196 g/mol. The van der Waals surface area contributed by atoms with E-state index in [0.717, 1.165) is 0 Å². The molecule has 0 heterocycles. The van der Waals surface area contributed by atoms with Crippen molar-refractivity contribution in [3.8, 4) is 0 Å². The Bertz CT molecular complexity index is 217. The van der Waals surface area contributed by atoms with Gasteiger partial charge < -0.3 is 15.8 Å². The molecule has 5 nitrogen and oxygen atoms in total. The van der Waals surface area contributed by atoms with Gasteiger partial charge in [-0.05, 0) is 19.8 Å². The second-order valence-corrected chi connectivity index (χ2v) is 3.65. The number of amides is 1. The molecule has 0 aliphatic carbocycles. The van der Waals surface area contributed by atoms with Crippen molar-refractivity contribution >= 4 is 11.9 Å². The van der Waals surface area contributed by atoms with Crippen LogP contribution in [-0.2, 0) is 14.3 Å². The Balaban J connectivity index is 3.70. The first-order chi connectivity index (χ1) is 6.97. The standard InChI is InChI=1S/C10H20N2O3/c1-4-15-9(13)5-7(2)6-12-10(14)8(3)11/h7-8H,4-6,11H2,1-3H3,(H,12,14). The minimum atomic E-state index is -0.514. The molecule has 5 heteroatoms. The molecule has 0 spiro atoms. The molecule has 88 valence electrons. The zero-order valence-electron chi connectivity index (χ0n) is 9.58. The Morgan fingerprint density at radius 1 is 1.40 bits per heavy atom. The summed E-state index contributed by atoms with van der Waals surface area (Å²) in [6.07, 6.45) is 0.313. The van der Waals surface area contributed by atoms with Crippen LogP contribution in [0.15, 0.2) is 0 Å². The second kappa shape index (κ2) is 7.23. The third-order valence-corrected chi connectivity index (χ3v) is 1.86. The Morgan fingerprint density at radius 2 is 2.00 bits per heavy atom. The number of carbonyl (C=O) groups is 2. The Hall–Kier alpha value is -1.10. The van der Waals surface area contributed by atoms with Crippen molar-refractivity contribution in [1.82, 2.24) is 5.32 Å². The molecular formula is C10H20N2O3. The zero-order chi connectivity index (χ0) is 11.8. The fraction of sp³-hybridized carbons (Fsp3) is 0.800. The molecule has 15 heavy (non-hydrogen) atoms. The van der Waals surface area contributed by atoms with Crippen LogP contribution in [0.3, 0.4) is 0 Å². The molecule has 0 saturated carbocycles. The van der Waals surface area contributed by atoms with Gasteiger partial charge in [0.05, 0.1) is 12.6 Å². The summed E-state index contributed by atoms with van der Waals surface area (Å²) in [5.74, 6) is -0.377. The highest BCUT2D eigenvalue weighted by molar-refractivity contribution is 5.81. The molecule has 0 saturated heterocycles. The molecule has 0 aliphatic rings. The highest BCUT2D eigenvalue weighted by Gasteiger charge is 2.12. The summed E-state index contributed by atoms with van der Waals surface area (Å²) < 4.78 is 4.79. The molecule has 0 aromatic carbocycles. The van der Waals surface area contributed by atoms with Gasteiger partial charge in [0, 0.05) is 13.0 Å². The van der Waals surface area contributed by atoms with Crippen molar-refractivity contribution in [2.24, 2.45) is 11.7 Å². The predicted molar refractivity (Wildman–Crippen MR) is 57.1 cm³/mol. The lowest BCUT2D eigenvalue weighted by Gasteiger charge is -2.13. The van der Waals surface area contributed by atoms with E-state index in [4.69, 9.17) is 10.5 Å². The second-order valence-electron chi connectivity index (χ2n) is 3.65. The molecule has 0 rings (SSSR count). The first kappa shape index (κ1) is 13.9. The van der Waals surface area contributed by atoms with E-state index in [1.165, 1.54) is 0 Å². The molecule has 1 amide bonds. The van der Waals surface area contributed by atoms with E-state index in [-0.39, 0.29) is 17.8 Å². The normalized spacial score (nSPS) is 14.1. The predicted octanol–water partition coefficient (Wildman–Crippen LogP) is 0.0391. The third kappa shape index (κ3) is 6.90. The van der Waals surface area contributed by atoms with Crippen LogP contribution in [0.5, 0.6) is 0 Å². The summed E-state index contributed by atoms with van der Waals surface area (Å²) in [6, 6.07) is -0.514. The molecule has 0 radical (unpaired) electrons. The molecule has 0 fully saturated rings. The zero-order valence-corrected chi connectivity index (χ0v) is 9.58. The van der Waals surface area contributed by atoms with Gasteiger partial charge in [0.1, 0.15) is 0 Å². The number of hydrogen-bond donors (Lipinski definition) is 2. The maximum Gasteiger partial charge on any atom is 0.306 e. The molecule has 2 unspecified atom stereocenters. The van der Waals surface area contributed by atoms with Gasteiger partial charge in [-0.3, -0.25) is 9.59 Å². The highest BCUT2D eigenvalue weighted by Crippen LogP contribution is 2.01. The smallest absolute Gasteiger partial charge is 0.306 e. The number of esters is 1. The molecule has 0 aliphatic heterocycles. The van der Waals surface area contributed by atoms with Crippen molar-refractivity contribution in [3.63, 3.8) is 0 Å². The summed E-state index contributed by atoms with van der Waals surface area (Å²) in [4.78, 5) is 22.2. The first-order valence-electron chi connectivity index (χ1n) is 5.16. The summed E-state index contributed by atoms with van der Waals surface area (Å²) in [7, 11) is 0. The van der Waals surface area contributed by atoms with E-state index < -0.39 is 6.04 Å². The molecule has 0 aromatic rings. The van der Waals surface area contributed by atoms with Gasteiger partial charge in [-0.2, -0.15) is 0 Å². The van der Waals surface area contributed by atoms with Crippen LogP contribution in [0.4, 0.5) is 0 Å². The summed E-state index contributed by atoms with van der Waals surface area (Å²) >= 11 is 0. The van der Waals surface area contributed by atoms with E-state index in [1.807, 2.05) is 6.92 Å². The minimum Gasteiger partial charge on any atom is -0.466 e. The van der Waals surface area contributed by atoms with Crippen LogP contribution in [0.2, 0.25) is 0 Å². The maximum atomic E-state index is 11.1. The van der Waals surface area contributed by atoms with Crippen molar-refractivity contribution in [1.29, 1.82) is 0 Å². The van der Waals surface area contributed by atoms with Gasteiger partial charge in [-0.1, -0.05) is 6.92 Å². The highest BCUT2D eigenvalue weighted by atomic mass is 16.5. The van der Waals surface area contributed by atoms with Crippen molar-refractivity contribution in [2.75, 3.05) is 13.2 Å². The Kier molecular flexibility index (Phi) is 6.70. The largest absolute Gasteiger partial charge is 0.466 e. The van der Waals surface area contributed by atoms with Gasteiger partial charge in [-0.25, -0.2) is 0 Å². The Labute approximate surface area is 90.4 Å². The van der Waals surface area contributed by atoms with E-state index in [0.29, 0.717) is 19.6 Å². The number of nitrogens with two attached hydrogens (primary N) is 1. The maximum absolute atomic E-state index is 11.1. The fourth-order valence-corrected chi connectivity index (χ4v) is 1.01. The van der Waals surface area contributed by atoms with Crippen LogP contribution >= 0.6 is 0 Å². The lowest BCUT2D eigenvalue weighted by molar-refractivity contribution is -0.144. The monoisotopic (exact) mass is 216 g/mol. The van der Waals surface area contributed by atoms with Gasteiger partial charge in [0.2, 0.25) is 5.91 Å². The topological polar surface area (TPSA) is 81.4 Å². The van der Waals surface area contributed by atoms with Crippen LogP contribution < -0.4 is 11.1 Å². The van der Waals surface area contributed by atoms with Gasteiger partial charge >= 0.3 is 5.97 Å². The van der Waals surface area contributed by atoms with Crippen LogP contribution in [-0.4, -0.2) is 31.1 Å². The van der Waals surface area contributed by atoms with E-state index in [9.17, 15) is 9.59 Å². The van der Waals surface area contributed by atoms with E-state index in [1.54, 1.807) is 13.8 Å². The van der Waals surface area contributed by atoms with Crippen molar-refractivity contribution < 1.29 is 14.3 Å². The number of hydrogen-bond acceptors (Lipinski definition) is 4. The van der Waals surface area contributed by atoms with E-state index >= 15 is 0 Å². The number of ether oxygens (including phenoxy) is 1. The molecule has 3 N–H and O–H groups in total. The van der Waals surface area contributed by atoms with Crippen LogP contribution in [0.25, 0.3) is 0 Å². The number of nitrogens with one attached hydrogen (secondary N) is 1. The van der Waals surface area contributed by atoms with E-state index in [2.05, 4.69) is 5.32 Å². The molecule has 2 atom stereocenters. The fourth-order valence-electron chi connectivity index (χ4n) is 1.01. The Morgan fingerprint density at radius 3 is 2.47 bits per heavy atom. The van der Waals surface area contributed by atoms with Gasteiger partial charge in [-0.15, -0.1) is 0 Å². The molecule has 0 aromatic heterocycles. The first-order valence-corrected chi connectivity index (χ1v) is 5.16. The van der Waals surface area contributed by atoms with Crippen molar-refractivity contribution in [2.45, 2.75) is 33.2 Å². The molecule has 0 bridgehead atoms. The third-order valence-electron chi connectivity index (χ3n) is 1.86. The SMILES string of the molecule is CCOC(=O)CC(C)CNC(=O)C(C)N. The summed E-state index contributed by atoms with van der Waals surface area (Å²) in [5.41, 5.74) is 5.37. The lowest BCUT2D eigenvalue weighted by atomic mass is 10.1. The van der Waals surface area contributed by atoms with Gasteiger partial charge in [0.15, 0.2) is 0 Å². The average Bonchev–Trinajstić information content (AvgIpc) is 2.14. The van der Waals surface area contributed by atoms with Crippen LogP contribution in [0, 0.1) is 5.92 Å². The number of carbonyl (C=O) groups excluding carboxylic acids is 2. The summed E-state index contributed by atoms with van der Waals surface area (Å²) in [5, 5.41) is 2.66. The lowest BCUT2D eigenvalue weighted by Crippen LogP contribution is -2.40. The van der Waals surface area contributed by atoms with Crippen LogP contribution in [0.1, 0.15) is 27.2 Å². The number of rotatable bonds is 6. The quantitative estimate of drug-likeness (QED) is 0.614. The summed E-state index contributed by atoms with van der Waals surface area (Å²) in [6.45, 7) is 6.08. The minimum absolute atomic E-state index is 0.0618. The average molecular weight is 216 g/mol.